The predicted molar refractivity (Wildman–Crippen MR) is 111 cm³/mol. The second-order valence-corrected chi connectivity index (χ2v) is 7.72. The summed E-state index contributed by atoms with van der Waals surface area (Å²) in [4.78, 5) is 32.9. The number of likely N-dealkylation sites (tertiary alicyclic amines) is 1. The van der Waals surface area contributed by atoms with Crippen LogP contribution < -0.4 is 0 Å². The van der Waals surface area contributed by atoms with Crippen LogP contribution in [0.25, 0.3) is 0 Å². The Morgan fingerprint density at radius 2 is 1.74 bits per heavy atom. The summed E-state index contributed by atoms with van der Waals surface area (Å²) >= 11 is 0. The van der Waals surface area contributed by atoms with Crippen molar-refractivity contribution in [2.45, 2.75) is 45.3 Å². The van der Waals surface area contributed by atoms with Crippen molar-refractivity contribution < 1.29 is 22.8 Å². The lowest BCUT2D eigenvalue weighted by Gasteiger charge is -2.38. The SMILES string of the molecule is CCCN(C(=O)c1ccc(C(F)(F)F)nc1C)C1CCN(C(=O)c2ccccc2)CC1. The molecule has 1 aliphatic rings. The first kappa shape index (κ1) is 22.8. The standard InChI is InChI=1S/C23H26F3N3O2/c1-3-13-29(22(31)19-9-10-20(23(24,25)26)27-16(19)2)18-11-14-28(15-12-18)21(30)17-7-5-4-6-8-17/h4-10,18H,3,11-15H2,1-2H3. The maximum atomic E-state index is 13.2. The van der Waals surface area contributed by atoms with Gasteiger partial charge in [-0.1, -0.05) is 25.1 Å². The summed E-state index contributed by atoms with van der Waals surface area (Å²) in [6.45, 7) is 4.92. The molecule has 166 valence electrons. The minimum absolute atomic E-state index is 0.0322. The van der Waals surface area contributed by atoms with Crippen LogP contribution in [0.4, 0.5) is 13.2 Å². The van der Waals surface area contributed by atoms with Gasteiger partial charge in [-0.05, 0) is 50.5 Å². The highest BCUT2D eigenvalue weighted by Gasteiger charge is 2.34. The van der Waals surface area contributed by atoms with Crippen LogP contribution in [-0.2, 0) is 6.18 Å². The van der Waals surface area contributed by atoms with Gasteiger partial charge in [-0.2, -0.15) is 13.2 Å². The molecule has 1 aliphatic heterocycles. The van der Waals surface area contributed by atoms with Crippen LogP contribution in [0.3, 0.4) is 0 Å². The van der Waals surface area contributed by atoms with Gasteiger partial charge in [0.2, 0.25) is 0 Å². The lowest BCUT2D eigenvalue weighted by Crippen LogP contribution is -2.49. The van der Waals surface area contributed by atoms with Crippen LogP contribution in [0.1, 0.15) is 58.3 Å². The summed E-state index contributed by atoms with van der Waals surface area (Å²) in [5.41, 5.74) is -0.118. The number of carbonyl (C=O) groups excluding carboxylic acids is 2. The number of halogens is 3. The molecule has 2 heterocycles. The van der Waals surface area contributed by atoms with E-state index in [0.717, 1.165) is 12.5 Å². The van der Waals surface area contributed by atoms with E-state index < -0.39 is 11.9 Å². The monoisotopic (exact) mass is 433 g/mol. The number of hydrogen-bond acceptors (Lipinski definition) is 3. The fourth-order valence-electron chi connectivity index (χ4n) is 3.93. The zero-order valence-electron chi connectivity index (χ0n) is 17.7. The van der Waals surface area contributed by atoms with Gasteiger partial charge in [0, 0.05) is 31.2 Å². The number of piperidine rings is 1. The molecule has 0 N–H and O–H groups in total. The quantitative estimate of drug-likeness (QED) is 0.694. The first-order valence-corrected chi connectivity index (χ1v) is 10.4. The van der Waals surface area contributed by atoms with E-state index in [-0.39, 0.29) is 29.1 Å². The minimum atomic E-state index is -4.55. The lowest BCUT2D eigenvalue weighted by atomic mass is 10.00. The van der Waals surface area contributed by atoms with Gasteiger partial charge in [-0.15, -0.1) is 0 Å². The molecule has 0 unspecified atom stereocenters. The first-order valence-electron chi connectivity index (χ1n) is 10.4. The number of aryl methyl sites for hydroxylation is 1. The highest BCUT2D eigenvalue weighted by Crippen LogP contribution is 2.29. The summed E-state index contributed by atoms with van der Waals surface area (Å²) in [7, 11) is 0. The molecule has 0 bridgehead atoms. The van der Waals surface area contributed by atoms with Crippen molar-refractivity contribution in [1.29, 1.82) is 0 Å². The molecule has 1 fully saturated rings. The number of rotatable bonds is 5. The molecule has 8 heteroatoms. The lowest BCUT2D eigenvalue weighted by molar-refractivity contribution is -0.141. The van der Waals surface area contributed by atoms with Gasteiger partial charge >= 0.3 is 6.18 Å². The van der Waals surface area contributed by atoms with Crippen molar-refractivity contribution in [1.82, 2.24) is 14.8 Å². The van der Waals surface area contributed by atoms with E-state index in [1.807, 2.05) is 25.1 Å². The second-order valence-electron chi connectivity index (χ2n) is 7.72. The Bertz CT molecular complexity index is 923. The number of hydrogen-bond donors (Lipinski definition) is 0. The van der Waals surface area contributed by atoms with Crippen LogP contribution in [-0.4, -0.2) is 52.3 Å². The van der Waals surface area contributed by atoms with E-state index in [0.29, 0.717) is 38.0 Å². The molecule has 2 amide bonds. The molecular weight excluding hydrogens is 407 g/mol. The summed E-state index contributed by atoms with van der Waals surface area (Å²) in [5.74, 6) is -0.344. The van der Waals surface area contributed by atoms with E-state index in [9.17, 15) is 22.8 Å². The van der Waals surface area contributed by atoms with Gasteiger partial charge < -0.3 is 9.80 Å². The fourth-order valence-corrected chi connectivity index (χ4v) is 3.93. The molecule has 0 spiro atoms. The Morgan fingerprint density at radius 3 is 2.29 bits per heavy atom. The number of benzene rings is 1. The van der Waals surface area contributed by atoms with Crippen molar-refractivity contribution in [2.75, 3.05) is 19.6 Å². The molecule has 1 aromatic heterocycles. The number of nitrogens with zero attached hydrogens (tertiary/aromatic N) is 3. The van der Waals surface area contributed by atoms with Gasteiger partial charge in [-0.25, -0.2) is 4.98 Å². The van der Waals surface area contributed by atoms with Gasteiger partial charge in [-0.3, -0.25) is 9.59 Å². The molecular formula is C23H26F3N3O2. The van der Waals surface area contributed by atoms with Crippen molar-refractivity contribution in [3.63, 3.8) is 0 Å². The van der Waals surface area contributed by atoms with E-state index in [2.05, 4.69) is 4.98 Å². The molecule has 5 nitrogen and oxygen atoms in total. The topological polar surface area (TPSA) is 53.5 Å². The van der Waals surface area contributed by atoms with E-state index in [1.54, 1.807) is 21.9 Å². The maximum absolute atomic E-state index is 13.2. The fraction of sp³-hybridized carbons (Fsp3) is 0.435. The number of aromatic nitrogens is 1. The van der Waals surface area contributed by atoms with Crippen LogP contribution in [0.15, 0.2) is 42.5 Å². The van der Waals surface area contributed by atoms with Crippen LogP contribution in [0, 0.1) is 6.92 Å². The second kappa shape index (κ2) is 9.49. The molecule has 31 heavy (non-hydrogen) atoms. The van der Waals surface area contributed by atoms with Gasteiger partial charge in [0.05, 0.1) is 11.3 Å². The van der Waals surface area contributed by atoms with Gasteiger partial charge in [0.1, 0.15) is 5.69 Å². The number of alkyl halides is 3. The molecule has 1 aromatic carbocycles. The third-order valence-electron chi connectivity index (χ3n) is 5.55. The number of carbonyl (C=O) groups is 2. The average Bonchev–Trinajstić information content (AvgIpc) is 2.76. The van der Waals surface area contributed by atoms with Crippen molar-refractivity contribution in [2.24, 2.45) is 0 Å². The smallest absolute Gasteiger partial charge is 0.338 e. The number of pyridine rings is 1. The van der Waals surface area contributed by atoms with Crippen LogP contribution >= 0.6 is 0 Å². The van der Waals surface area contributed by atoms with Gasteiger partial charge in [0.15, 0.2) is 0 Å². The third-order valence-corrected chi connectivity index (χ3v) is 5.55. The van der Waals surface area contributed by atoms with Crippen molar-refractivity contribution in [3.05, 3.63) is 65.0 Å². The zero-order chi connectivity index (χ0) is 22.6. The summed E-state index contributed by atoms with van der Waals surface area (Å²) < 4.78 is 38.7. The highest BCUT2D eigenvalue weighted by atomic mass is 19.4. The molecule has 1 saturated heterocycles. The molecule has 0 atom stereocenters. The molecule has 2 aromatic rings. The summed E-state index contributed by atoms with van der Waals surface area (Å²) in [6.07, 6.45) is -2.58. The highest BCUT2D eigenvalue weighted by molar-refractivity contribution is 5.96. The van der Waals surface area contributed by atoms with E-state index in [4.69, 9.17) is 0 Å². The van der Waals surface area contributed by atoms with Crippen LogP contribution in [0.5, 0.6) is 0 Å². The molecule has 0 aliphatic carbocycles. The zero-order valence-corrected chi connectivity index (χ0v) is 17.7. The van der Waals surface area contributed by atoms with Crippen LogP contribution in [0.2, 0.25) is 0 Å². The summed E-state index contributed by atoms with van der Waals surface area (Å²) in [5, 5.41) is 0. The molecule has 0 radical (unpaired) electrons. The normalized spacial score (nSPS) is 15.1. The van der Waals surface area contributed by atoms with E-state index in [1.165, 1.54) is 13.0 Å². The number of amides is 2. The van der Waals surface area contributed by atoms with E-state index >= 15 is 0 Å². The largest absolute Gasteiger partial charge is 0.433 e. The van der Waals surface area contributed by atoms with Gasteiger partial charge in [0.25, 0.3) is 11.8 Å². The Balaban J connectivity index is 1.71. The van der Waals surface area contributed by atoms with Crippen molar-refractivity contribution >= 4 is 11.8 Å². The Labute approximate surface area is 179 Å². The summed E-state index contributed by atoms with van der Waals surface area (Å²) in [6, 6.07) is 11.0. The Hall–Kier alpha value is -2.90. The van der Waals surface area contributed by atoms with Crippen molar-refractivity contribution in [3.8, 4) is 0 Å². The average molecular weight is 433 g/mol. The molecule has 3 rings (SSSR count). The predicted octanol–water partition coefficient (Wildman–Crippen LogP) is 4.57. The molecule has 0 saturated carbocycles. The minimum Gasteiger partial charge on any atom is -0.338 e. The first-order chi connectivity index (χ1) is 14.7. The Kier molecular flexibility index (Phi) is 6.97. The third kappa shape index (κ3) is 5.24. The maximum Gasteiger partial charge on any atom is 0.433 e. The Morgan fingerprint density at radius 1 is 1.10 bits per heavy atom.